The number of carbonyl (C=O) groups is 1. The van der Waals surface area contributed by atoms with Gasteiger partial charge in [-0.2, -0.15) is 0 Å². The largest absolute Gasteiger partial charge is 0.478 e. The Morgan fingerprint density at radius 1 is 1.19 bits per heavy atom. The van der Waals surface area contributed by atoms with Crippen molar-refractivity contribution < 1.29 is 14.3 Å². The van der Waals surface area contributed by atoms with Gasteiger partial charge in [0, 0.05) is 11.8 Å². The van der Waals surface area contributed by atoms with Crippen LogP contribution in [-0.2, 0) is 0 Å². The molecule has 0 spiro atoms. The summed E-state index contributed by atoms with van der Waals surface area (Å²) in [5, 5.41) is 8.81. The first-order valence-corrected chi connectivity index (χ1v) is 4.62. The molecule has 3 nitrogen and oxygen atoms in total. The topological polar surface area (TPSA) is 50.2 Å². The molecule has 0 saturated carbocycles. The predicted octanol–water partition coefficient (Wildman–Crippen LogP) is 2.59. The van der Waals surface area contributed by atoms with Gasteiger partial charge in [-0.3, -0.25) is 4.98 Å². The number of aromatic carboxylic acids is 1. The van der Waals surface area contributed by atoms with Crippen LogP contribution in [0.5, 0.6) is 0 Å². The molecule has 1 N–H and O–H groups in total. The molecule has 0 bridgehead atoms. The number of benzene rings is 1. The van der Waals surface area contributed by atoms with Gasteiger partial charge >= 0.3 is 5.97 Å². The Hall–Kier alpha value is -2.23. The van der Waals surface area contributed by atoms with Gasteiger partial charge in [0.05, 0.1) is 11.3 Å². The minimum absolute atomic E-state index is 0.161. The maximum Gasteiger partial charge on any atom is 0.335 e. The van der Waals surface area contributed by atoms with Crippen LogP contribution in [0.4, 0.5) is 4.39 Å². The third kappa shape index (κ3) is 2.06. The normalized spacial score (nSPS) is 10.1. The summed E-state index contributed by atoms with van der Waals surface area (Å²) >= 11 is 0. The highest BCUT2D eigenvalue weighted by Crippen LogP contribution is 2.18. The highest BCUT2D eigenvalue weighted by atomic mass is 19.1. The van der Waals surface area contributed by atoms with Gasteiger partial charge in [0.1, 0.15) is 5.82 Å². The first-order chi connectivity index (χ1) is 7.66. The van der Waals surface area contributed by atoms with Crippen LogP contribution in [0.25, 0.3) is 11.3 Å². The molecule has 1 aromatic heterocycles. The molecule has 0 aliphatic rings. The van der Waals surface area contributed by atoms with Gasteiger partial charge in [-0.15, -0.1) is 0 Å². The number of carboxylic acid groups (broad SMARTS) is 1. The standard InChI is InChI=1S/C12H8FNO2/c13-10-3-1-8(2-4-10)11-7-9(12(15)16)5-6-14-11/h1-7H,(H,15,16). The van der Waals surface area contributed by atoms with Gasteiger partial charge in [-0.1, -0.05) is 0 Å². The molecule has 0 saturated heterocycles. The Kier molecular flexibility index (Phi) is 2.64. The van der Waals surface area contributed by atoms with Crippen molar-refractivity contribution in [3.05, 3.63) is 54.0 Å². The van der Waals surface area contributed by atoms with Crippen LogP contribution in [0, 0.1) is 5.82 Å². The van der Waals surface area contributed by atoms with Crippen LogP contribution in [0.3, 0.4) is 0 Å². The molecule has 0 atom stereocenters. The summed E-state index contributed by atoms with van der Waals surface area (Å²) in [5.41, 5.74) is 1.36. The Balaban J connectivity index is 2.44. The maximum atomic E-state index is 12.7. The summed E-state index contributed by atoms with van der Waals surface area (Å²) in [6, 6.07) is 8.60. The fourth-order valence-corrected chi connectivity index (χ4v) is 1.34. The van der Waals surface area contributed by atoms with E-state index < -0.39 is 5.97 Å². The molecule has 0 aliphatic heterocycles. The summed E-state index contributed by atoms with van der Waals surface area (Å²) in [4.78, 5) is 14.8. The quantitative estimate of drug-likeness (QED) is 0.841. The van der Waals surface area contributed by atoms with E-state index in [4.69, 9.17) is 5.11 Å². The molecule has 1 heterocycles. The molecule has 0 amide bonds. The number of halogens is 1. The fourth-order valence-electron chi connectivity index (χ4n) is 1.34. The molecule has 0 fully saturated rings. The molecule has 2 aromatic rings. The lowest BCUT2D eigenvalue weighted by atomic mass is 10.1. The molecule has 80 valence electrons. The van der Waals surface area contributed by atoms with Crippen molar-refractivity contribution in [2.45, 2.75) is 0 Å². The van der Waals surface area contributed by atoms with Gasteiger partial charge in [0.25, 0.3) is 0 Å². The van der Waals surface area contributed by atoms with Crippen molar-refractivity contribution >= 4 is 5.97 Å². The molecule has 4 heteroatoms. The number of nitrogens with zero attached hydrogens (tertiary/aromatic N) is 1. The summed E-state index contributed by atoms with van der Waals surface area (Å²) in [6.07, 6.45) is 1.42. The third-order valence-electron chi connectivity index (χ3n) is 2.15. The SMILES string of the molecule is O=C(O)c1ccnc(-c2ccc(F)cc2)c1. The van der Waals surface area contributed by atoms with Gasteiger partial charge in [-0.05, 0) is 36.4 Å². The lowest BCUT2D eigenvalue weighted by Gasteiger charge is -2.01. The van der Waals surface area contributed by atoms with E-state index in [0.717, 1.165) is 0 Å². The summed E-state index contributed by atoms with van der Waals surface area (Å²) < 4.78 is 12.7. The van der Waals surface area contributed by atoms with Crippen molar-refractivity contribution in [2.75, 3.05) is 0 Å². The maximum absolute atomic E-state index is 12.7. The van der Waals surface area contributed by atoms with E-state index in [1.165, 1.54) is 30.5 Å². The number of hydrogen-bond acceptors (Lipinski definition) is 2. The first-order valence-electron chi connectivity index (χ1n) is 4.62. The average Bonchev–Trinajstić information content (AvgIpc) is 2.30. The molecule has 0 radical (unpaired) electrons. The Bertz CT molecular complexity index is 523. The monoisotopic (exact) mass is 217 g/mol. The van der Waals surface area contributed by atoms with E-state index >= 15 is 0 Å². The van der Waals surface area contributed by atoms with Gasteiger partial charge in [0.15, 0.2) is 0 Å². The van der Waals surface area contributed by atoms with Gasteiger partial charge < -0.3 is 5.11 Å². The average molecular weight is 217 g/mol. The second-order valence-electron chi connectivity index (χ2n) is 3.24. The fraction of sp³-hybridized carbons (Fsp3) is 0. The van der Waals surface area contributed by atoms with E-state index in [0.29, 0.717) is 11.3 Å². The van der Waals surface area contributed by atoms with Crippen LogP contribution in [0.1, 0.15) is 10.4 Å². The van der Waals surface area contributed by atoms with Crippen molar-refractivity contribution in [3.8, 4) is 11.3 Å². The number of hydrogen-bond donors (Lipinski definition) is 1. The number of carboxylic acids is 1. The van der Waals surface area contributed by atoms with Crippen molar-refractivity contribution in [3.63, 3.8) is 0 Å². The van der Waals surface area contributed by atoms with Crippen LogP contribution in [0.15, 0.2) is 42.6 Å². The van der Waals surface area contributed by atoms with Crippen molar-refractivity contribution in [1.29, 1.82) is 0 Å². The van der Waals surface area contributed by atoms with E-state index in [9.17, 15) is 9.18 Å². The van der Waals surface area contributed by atoms with E-state index in [2.05, 4.69) is 4.98 Å². The highest BCUT2D eigenvalue weighted by Gasteiger charge is 2.05. The Labute approximate surface area is 91.2 Å². The zero-order valence-electron chi connectivity index (χ0n) is 8.22. The van der Waals surface area contributed by atoms with Crippen LogP contribution in [-0.4, -0.2) is 16.1 Å². The van der Waals surface area contributed by atoms with Crippen LogP contribution < -0.4 is 0 Å². The van der Waals surface area contributed by atoms with E-state index in [-0.39, 0.29) is 11.4 Å². The molecular formula is C12H8FNO2. The van der Waals surface area contributed by atoms with E-state index in [1.807, 2.05) is 0 Å². The van der Waals surface area contributed by atoms with Gasteiger partial charge in [-0.25, -0.2) is 9.18 Å². The van der Waals surface area contributed by atoms with E-state index in [1.54, 1.807) is 12.1 Å². The Morgan fingerprint density at radius 2 is 1.88 bits per heavy atom. The minimum Gasteiger partial charge on any atom is -0.478 e. The number of rotatable bonds is 2. The molecule has 0 unspecified atom stereocenters. The first kappa shape index (κ1) is 10.3. The summed E-state index contributed by atoms with van der Waals surface area (Å²) in [7, 11) is 0. The Morgan fingerprint density at radius 3 is 2.50 bits per heavy atom. The zero-order valence-corrected chi connectivity index (χ0v) is 8.22. The number of pyridine rings is 1. The van der Waals surface area contributed by atoms with Crippen LogP contribution >= 0.6 is 0 Å². The zero-order chi connectivity index (χ0) is 11.5. The van der Waals surface area contributed by atoms with Crippen LogP contribution in [0.2, 0.25) is 0 Å². The molecule has 0 aliphatic carbocycles. The molecular weight excluding hydrogens is 209 g/mol. The lowest BCUT2D eigenvalue weighted by Crippen LogP contribution is -1.97. The van der Waals surface area contributed by atoms with Gasteiger partial charge in [0.2, 0.25) is 0 Å². The second kappa shape index (κ2) is 4.10. The predicted molar refractivity (Wildman–Crippen MR) is 56.6 cm³/mol. The summed E-state index contributed by atoms with van der Waals surface area (Å²) in [6.45, 7) is 0. The number of aromatic nitrogens is 1. The molecule has 1 aromatic carbocycles. The molecule has 2 rings (SSSR count). The van der Waals surface area contributed by atoms with Crippen molar-refractivity contribution in [2.24, 2.45) is 0 Å². The second-order valence-corrected chi connectivity index (χ2v) is 3.24. The smallest absolute Gasteiger partial charge is 0.335 e. The lowest BCUT2D eigenvalue weighted by molar-refractivity contribution is 0.0697. The minimum atomic E-state index is -1.01. The third-order valence-corrected chi connectivity index (χ3v) is 2.15. The van der Waals surface area contributed by atoms with Crippen molar-refractivity contribution in [1.82, 2.24) is 4.98 Å². The summed E-state index contributed by atoms with van der Waals surface area (Å²) in [5.74, 6) is -1.34. The molecule has 16 heavy (non-hydrogen) atoms. The highest BCUT2D eigenvalue weighted by molar-refractivity contribution is 5.88.